The number of anilines is 1. The summed E-state index contributed by atoms with van der Waals surface area (Å²) in [6.45, 7) is 1.01. The number of nitrogens with two attached hydrogens (primary N) is 1. The lowest BCUT2D eigenvalue weighted by Crippen LogP contribution is -2.27. The fraction of sp³-hybridized carbons (Fsp3) is 0.214. The minimum absolute atomic E-state index is 0.0126. The van der Waals surface area contributed by atoms with Crippen LogP contribution in [-0.4, -0.2) is 39.2 Å². The van der Waals surface area contributed by atoms with Crippen molar-refractivity contribution in [3.8, 4) is 0 Å². The maximum atomic E-state index is 12.6. The third kappa shape index (κ3) is 2.01. The smallest absolute Gasteiger partial charge is 0.339 e. The lowest BCUT2D eigenvalue weighted by molar-refractivity contribution is 0.00497. The van der Waals surface area contributed by atoms with Gasteiger partial charge in [-0.05, 0) is 6.07 Å². The number of hydrogen-bond donors (Lipinski definition) is 2. The molecule has 3 N–H and O–H groups in total. The van der Waals surface area contributed by atoms with E-state index in [1.54, 1.807) is 0 Å². The molecule has 4 rings (SSSR count). The van der Waals surface area contributed by atoms with Gasteiger partial charge >= 0.3 is 5.97 Å². The molecule has 1 saturated heterocycles. The average Bonchev–Trinajstić information content (AvgIpc) is 2.45. The number of nitrogen functional groups attached to an aromatic ring is 1. The molecule has 0 saturated carbocycles. The molecule has 0 atom stereocenters. The van der Waals surface area contributed by atoms with E-state index in [0.29, 0.717) is 19.0 Å². The Balaban J connectivity index is 2.02. The SMILES string of the molecule is Nc1nc2oc3cnc(C4COC4)nc3c(=O)c2cc1C(=O)O. The van der Waals surface area contributed by atoms with Crippen LogP contribution in [0.15, 0.2) is 21.5 Å². The first-order valence-electron chi connectivity index (χ1n) is 6.75. The van der Waals surface area contributed by atoms with Gasteiger partial charge in [0.25, 0.3) is 0 Å². The minimum atomic E-state index is -1.27. The quantitative estimate of drug-likeness (QED) is 0.647. The summed E-state index contributed by atoms with van der Waals surface area (Å²) in [4.78, 5) is 36.0. The molecule has 1 aliphatic rings. The van der Waals surface area contributed by atoms with Gasteiger partial charge in [-0.25, -0.2) is 14.8 Å². The number of aromatic carboxylic acids is 1. The molecule has 0 unspecified atom stereocenters. The summed E-state index contributed by atoms with van der Waals surface area (Å²) < 4.78 is 10.6. The predicted octanol–water partition coefficient (Wildman–Crippen LogP) is 0.525. The van der Waals surface area contributed by atoms with Gasteiger partial charge in [0.2, 0.25) is 11.1 Å². The molecule has 0 spiro atoms. The normalized spacial score (nSPS) is 15.0. The van der Waals surface area contributed by atoms with E-state index in [4.69, 9.17) is 20.0 Å². The second-order valence-corrected chi connectivity index (χ2v) is 5.19. The molecule has 4 heterocycles. The van der Waals surface area contributed by atoms with Crippen LogP contribution in [-0.2, 0) is 4.74 Å². The molecular weight excluding hydrogens is 304 g/mol. The van der Waals surface area contributed by atoms with Crippen molar-refractivity contribution < 1.29 is 19.1 Å². The Morgan fingerprint density at radius 1 is 1.35 bits per heavy atom. The highest BCUT2D eigenvalue weighted by atomic mass is 16.5. The van der Waals surface area contributed by atoms with E-state index in [9.17, 15) is 9.59 Å². The third-order valence-corrected chi connectivity index (χ3v) is 3.69. The minimum Gasteiger partial charge on any atom is -0.478 e. The van der Waals surface area contributed by atoms with E-state index in [-0.39, 0.29) is 39.5 Å². The summed E-state index contributed by atoms with van der Waals surface area (Å²) in [5, 5.41) is 9.11. The summed E-state index contributed by atoms with van der Waals surface area (Å²) in [6, 6.07) is 1.15. The Morgan fingerprint density at radius 3 is 2.78 bits per heavy atom. The third-order valence-electron chi connectivity index (χ3n) is 3.69. The lowest BCUT2D eigenvalue weighted by atomic mass is 10.1. The first kappa shape index (κ1) is 13.6. The van der Waals surface area contributed by atoms with Gasteiger partial charge in [0.05, 0.1) is 30.7 Å². The molecule has 3 aromatic rings. The fourth-order valence-corrected chi connectivity index (χ4v) is 2.36. The molecule has 0 radical (unpaired) electrons. The van der Waals surface area contributed by atoms with Crippen molar-refractivity contribution in [3.63, 3.8) is 0 Å². The maximum Gasteiger partial charge on any atom is 0.339 e. The Kier molecular flexibility index (Phi) is 2.78. The van der Waals surface area contributed by atoms with Gasteiger partial charge < -0.3 is 20.0 Å². The molecular formula is C14H10N4O5. The van der Waals surface area contributed by atoms with Gasteiger partial charge in [0.1, 0.15) is 17.2 Å². The summed E-state index contributed by atoms with van der Waals surface area (Å²) in [5.74, 6) is -0.950. The number of aromatic nitrogens is 3. The molecule has 1 aliphatic heterocycles. The van der Waals surface area contributed by atoms with Crippen LogP contribution in [0.3, 0.4) is 0 Å². The van der Waals surface area contributed by atoms with E-state index in [1.165, 1.54) is 6.20 Å². The average molecular weight is 314 g/mol. The zero-order valence-electron chi connectivity index (χ0n) is 11.6. The summed E-state index contributed by atoms with van der Waals surface area (Å²) >= 11 is 0. The number of carboxylic acid groups (broad SMARTS) is 1. The van der Waals surface area contributed by atoms with E-state index in [2.05, 4.69) is 15.0 Å². The van der Waals surface area contributed by atoms with Crippen LogP contribution in [0.4, 0.5) is 5.82 Å². The molecule has 9 heteroatoms. The lowest BCUT2D eigenvalue weighted by Gasteiger charge is -2.24. The number of pyridine rings is 1. The molecule has 3 aromatic heterocycles. The van der Waals surface area contributed by atoms with Crippen LogP contribution in [0.1, 0.15) is 22.1 Å². The number of ether oxygens (including phenoxy) is 1. The topological polar surface area (TPSA) is 141 Å². The van der Waals surface area contributed by atoms with Gasteiger partial charge in [0, 0.05) is 0 Å². The number of nitrogens with zero attached hydrogens (tertiary/aromatic N) is 3. The van der Waals surface area contributed by atoms with Crippen LogP contribution in [0.2, 0.25) is 0 Å². The van der Waals surface area contributed by atoms with Gasteiger partial charge in [-0.2, -0.15) is 4.98 Å². The van der Waals surface area contributed by atoms with Gasteiger partial charge in [-0.15, -0.1) is 0 Å². The molecule has 0 aliphatic carbocycles. The monoisotopic (exact) mass is 314 g/mol. The van der Waals surface area contributed by atoms with E-state index >= 15 is 0 Å². The van der Waals surface area contributed by atoms with Crippen LogP contribution in [0, 0.1) is 0 Å². The predicted molar refractivity (Wildman–Crippen MR) is 78.3 cm³/mol. The van der Waals surface area contributed by atoms with Crippen LogP contribution in [0.5, 0.6) is 0 Å². The number of hydrogen-bond acceptors (Lipinski definition) is 8. The Bertz CT molecular complexity index is 1030. The van der Waals surface area contributed by atoms with Crippen LogP contribution < -0.4 is 11.2 Å². The van der Waals surface area contributed by atoms with Gasteiger partial charge in [0.15, 0.2) is 11.1 Å². The molecule has 116 valence electrons. The fourth-order valence-electron chi connectivity index (χ4n) is 2.36. The molecule has 0 aromatic carbocycles. The second kappa shape index (κ2) is 4.71. The van der Waals surface area contributed by atoms with Crippen molar-refractivity contribution in [3.05, 3.63) is 33.9 Å². The number of carboxylic acids is 1. The van der Waals surface area contributed by atoms with E-state index < -0.39 is 11.4 Å². The Labute approximate surface area is 127 Å². The first-order chi connectivity index (χ1) is 11.0. The van der Waals surface area contributed by atoms with E-state index in [0.717, 1.165) is 6.07 Å². The number of fused-ring (bicyclic) bond motifs is 2. The van der Waals surface area contributed by atoms with Crippen LogP contribution >= 0.6 is 0 Å². The summed E-state index contributed by atoms with van der Waals surface area (Å²) in [6.07, 6.45) is 1.40. The number of carbonyl (C=O) groups is 1. The molecule has 9 nitrogen and oxygen atoms in total. The summed E-state index contributed by atoms with van der Waals surface area (Å²) in [7, 11) is 0. The Hall–Kier alpha value is -3.07. The molecule has 1 fully saturated rings. The molecule has 0 bridgehead atoms. The molecule has 0 amide bonds. The zero-order chi connectivity index (χ0) is 16.1. The van der Waals surface area contributed by atoms with Crippen molar-refractivity contribution in [1.29, 1.82) is 0 Å². The van der Waals surface area contributed by atoms with Crippen molar-refractivity contribution in [2.45, 2.75) is 5.92 Å². The highest BCUT2D eigenvalue weighted by Crippen LogP contribution is 2.23. The van der Waals surface area contributed by atoms with Crippen molar-refractivity contribution in [2.24, 2.45) is 0 Å². The highest BCUT2D eigenvalue weighted by Gasteiger charge is 2.25. The maximum absolute atomic E-state index is 12.6. The zero-order valence-corrected chi connectivity index (χ0v) is 11.6. The van der Waals surface area contributed by atoms with Crippen molar-refractivity contribution in [1.82, 2.24) is 15.0 Å². The van der Waals surface area contributed by atoms with Gasteiger partial charge in [-0.1, -0.05) is 0 Å². The van der Waals surface area contributed by atoms with E-state index in [1.807, 2.05) is 0 Å². The van der Waals surface area contributed by atoms with Crippen molar-refractivity contribution in [2.75, 3.05) is 18.9 Å². The first-order valence-corrected chi connectivity index (χ1v) is 6.75. The van der Waals surface area contributed by atoms with Gasteiger partial charge in [-0.3, -0.25) is 4.79 Å². The Morgan fingerprint density at radius 2 is 2.13 bits per heavy atom. The number of rotatable bonds is 2. The second-order valence-electron chi connectivity index (χ2n) is 5.19. The summed E-state index contributed by atoms with van der Waals surface area (Å²) in [5.41, 5.74) is 5.04. The molecule has 23 heavy (non-hydrogen) atoms. The van der Waals surface area contributed by atoms with Crippen molar-refractivity contribution >= 4 is 34.0 Å². The highest BCUT2D eigenvalue weighted by molar-refractivity contribution is 5.97. The largest absolute Gasteiger partial charge is 0.478 e. The standard InChI is InChI=1S/C14H10N4O5/c15-11-7(14(20)21)1-6-10(19)9-8(23-13(6)18-11)2-16-12(17-9)5-3-22-4-5/h1-2,5H,3-4H2,(H2,15,18)(H,20,21). The van der Waals surface area contributed by atoms with Crippen LogP contribution in [0.25, 0.3) is 22.2 Å².